The van der Waals surface area contributed by atoms with E-state index in [-0.39, 0.29) is 5.91 Å². The zero-order valence-electron chi connectivity index (χ0n) is 12.2. The van der Waals surface area contributed by atoms with Crippen LogP contribution in [0.4, 0.5) is 5.69 Å². The third-order valence-electron chi connectivity index (χ3n) is 2.95. The minimum atomic E-state index is -0.184. The number of ether oxygens (including phenoxy) is 1. The van der Waals surface area contributed by atoms with Crippen molar-refractivity contribution < 1.29 is 9.53 Å². The van der Waals surface area contributed by atoms with Crippen molar-refractivity contribution in [1.29, 1.82) is 0 Å². The van der Waals surface area contributed by atoms with E-state index in [1.165, 1.54) is 0 Å². The van der Waals surface area contributed by atoms with Crippen molar-refractivity contribution in [1.82, 2.24) is 4.98 Å². The molecule has 0 radical (unpaired) electrons. The predicted molar refractivity (Wildman–Crippen MR) is 82.7 cm³/mol. The first kappa shape index (κ1) is 15.0. The van der Waals surface area contributed by atoms with Gasteiger partial charge in [0.15, 0.2) is 0 Å². The lowest BCUT2D eigenvalue weighted by atomic mass is 10.1. The smallest absolute Gasteiger partial charge is 0.257 e. The molecule has 0 saturated heterocycles. The lowest BCUT2D eigenvalue weighted by Gasteiger charge is -2.10. The van der Waals surface area contributed by atoms with E-state index in [0.717, 1.165) is 5.69 Å². The fourth-order valence-corrected chi connectivity index (χ4v) is 1.97. The molecule has 1 aromatic carbocycles. The van der Waals surface area contributed by atoms with E-state index in [1.54, 1.807) is 12.1 Å². The van der Waals surface area contributed by atoms with Gasteiger partial charge in [-0.25, -0.2) is 0 Å². The third-order valence-corrected chi connectivity index (χ3v) is 2.95. The van der Waals surface area contributed by atoms with E-state index >= 15 is 0 Å². The molecule has 1 heterocycles. The molecule has 0 aliphatic rings. The second-order valence-electron chi connectivity index (χ2n) is 4.70. The number of carbonyl (C=O) groups excluding carboxylic acids is 1. The van der Waals surface area contributed by atoms with Crippen LogP contribution < -0.4 is 15.8 Å². The van der Waals surface area contributed by atoms with Crippen molar-refractivity contribution >= 4 is 11.6 Å². The van der Waals surface area contributed by atoms with Crippen molar-refractivity contribution in [2.75, 3.05) is 18.5 Å². The van der Waals surface area contributed by atoms with E-state index in [0.29, 0.717) is 35.8 Å². The van der Waals surface area contributed by atoms with E-state index in [1.807, 2.05) is 38.1 Å². The Morgan fingerprint density at radius 2 is 2.10 bits per heavy atom. The summed E-state index contributed by atoms with van der Waals surface area (Å²) in [6.45, 7) is 4.61. The molecule has 2 rings (SSSR count). The van der Waals surface area contributed by atoms with Crippen molar-refractivity contribution in [3.8, 4) is 5.75 Å². The number of aryl methyl sites for hydroxylation is 2. The van der Waals surface area contributed by atoms with E-state index in [4.69, 9.17) is 10.5 Å². The van der Waals surface area contributed by atoms with Gasteiger partial charge in [0.25, 0.3) is 5.91 Å². The maximum atomic E-state index is 12.3. The second kappa shape index (κ2) is 6.85. The first-order valence-electron chi connectivity index (χ1n) is 6.78. The number of aromatic nitrogens is 1. The molecular formula is C16H19N3O2. The van der Waals surface area contributed by atoms with Crippen LogP contribution in [-0.4, -0.2) is 24.0 Å². The summed E-state index contributed by atoms with van der Waals surface area (Å²) < 4.78 is 5.43. The molecule has 0 atom stereocenters. The summed E-state index contributed by atoms with van der Waals surface area (Å²) in [6, 6.07) is 10.8. The molecule has 3 N–H and O–H groups in total. The number of nitrogens with zero attached hydrogens (tertiary/aromatic N) is 1. The molecule has 0 aliphatic carbocycles. The van der Waals surface area contributed by atoms with Gasteiger partial charge in [-0.3, -0.25) is 9.78 Å². The van der Waals surface area contributed by atoms with Gasteiger partial charge in [-0.05, 0) is 38.1 Å². The van der Waals surface area contributed by atoms with Gasteiger partial charge in [-0.15, -0.1) is 0 Å². The predicted octanol–water partition coefficient (Wildman–Crippen LogP) is 2.29. The molecule has 0 spiro atoms. The van der Waals surface area contributed by atoms with Gasteiger partial charge < -0.3 is 15.8 Å². The lowest BCUT2D eigenvalue weighted by molar-refractivity contribution is 0.102. The number of hydrogen-bond acceptors (Lipinski definition) is 4. The molecule has 110 valence electrons. The monoisotopic (exact) mass is 285 g/mol. The molecule has 0 saturated carbocycles. The van der Waals surface area contributed by atoms with Gasteiger partial charge in [0.1, 0.15) is 12.4 Å². The van der Waals surface area contributed by atoms with Gasteiger partial charge in [0.05, 0.1) is 11.3 Å². The second-order valence-corrected chi connectivity index (χ2v) is 4.70. The van der Waals surface area contributed by atoms with Crippen LogP contribution in [0.2, 0.25) is 0 Å². The van der Waals surface area contributed by atoms with Crippen LogP contribution in [0.25, 0.3) is 0 Å². The van der Waals surface area contributed by atoms with Crippen LogP contribution in [0.5, 0.6) is 5.75 Å². The van der Waals surface area contributed by atoms with Gasteiger partial charge in [-0.1, -0.05) is 6.07 Å². The molecule has 0 bridgehead atoms. The van der Waals surface area contributed by atoms with Crippen LogP contribution in [0.15, 0.2) is 36.4 Å². The van der Waals surface area contributed by atoms with Crippen molar-refractivity contribution in [2.45, 2.75) is 13.8 Å². The fraction of sp³-hybridized carbons (Fsp3) is 0.250. The Bertz CT molecular complexity index is 641. The van der Waals surface area contributed by atoms with E-state index < -0.39 is 0 Å². The first-order chi connectivity index (χ1) is 10.1. The SMILES string of the molecule is Cc1ccc(C(=O)Nc2cccc(OCCN)c2)c(C)n1. The highest BCUT2D eigenvalue weighted by atomic mass is 16.5. The number of benzene rings is 1. The number of rotatable bonds is 5. The standard InChI is InChI=1S/C16H19N3O2/c1-11-6-7-15(12(2)18-11)16(20)19-13-4-3-5-14(10-13)21-9-8-17/h3-7,10H,8-9,17H2,1-2H3,(H,19,20). The highest BCUT2D eigenvalue weighted by Crippen LogP contribution is 2.18. The molecular weight excluding hydrogens is 266 g/mol. The zero-order valence-corrected chi connectivity index (χ0v) is 12.2. The number of pyridine rings is 1. The Kier molecular flexibility index (Phi) is 4.90. The van der Waals surface area contributed by atoms with Crippen molar-refractivity contribution in [3.05, 3.63) is 53.3 Å². The average molecular weight is 285 g/mol. The lowest BCUT2D eigenvalue weighted by Crippen LogP contribution is -2.14. The number of anilines is 1. The first-order valence-corrected chi connectivity index (χ1v) is 6.78. The van der Waals surface area contributed by atoms with Crippen LogP contribution >= 0.6 is 0 Å². The third kappa shape index (κ3) is 4.03. The van der Waals surface area contributed by atoms with Gasteiger partial charge in [-0.2, -0.15) is 0 Å². The molecule has 0 fully saturated rings. The van der Waals surface area contributed by atoms with Crippen molar-refractivity contribution in [2.24, 2.45) is 5.73 Å². The largest absolute Gasteiger partial charge is 0.492 e. The topological polar surface area (TPSA) is 77.2 Å². The number of nitrogens with two attached hydrogens (primary N) is 1. The number of nitrogens with one attached hydrogen (secondary N) is 1. The summed E-state index contributed by atoms with van der Waals surface area (Å²) in [7, 11) is 0. The van der Waals surface area contributed by atoms with Crippen molar-refractivity contribution in [3.63, 3.8) is 0 Å². The number of hydrogen-bond donors (Lipinski definition) is 2. The van der Waals surface area contributed by atoms with Gasteiger partial charge in [0, 0.05) is 24.0 Å². The normalized spacial score (nSPS) is 10.2. The summed E-state index contributed by atoms with van der Waals surface area (Å²) in [4.78, 5) is 16.6. The quantitative estimate of drug-likeness (QED) is 0.883. The molecule has 2 aromatic rings. The fourth-order valence-electron chi connectivity index (χ4n) is 1.97. The van der Waals surface area contributed by atoms with Crippen LogP contribution in [0.1, 0.15) is 21.7 Å². The average Bonchev–Trinajstić information content (AvgIpc) is 2.45. The summed E-state index contributed by atoms with van der Waals surface area (Å²) in [5.74, 6) is 0.493. The minimum absolute atomic E-state index is 0.184. The van der Waals surface area contributed by atoms with E-state index in [2.05, 4.69) is 10.3 Å². The Hall–Kier alpha value is -2.40. The summed E-state index contributed by atoms with van der Waals surface area (Å²) in [5, 5.41) is 2.85. The molecule has 21 heavy (non-hydrogen) atoms. The molecule has 0 unspecified atom stereocenters. The maximum Gasteiger partial charge on any atom is 0.257 e. The van der Waals surface area contributed by atoms with Crippen LogP contribution in [-0.2, 0) is 0 Å². The van der Waals surface area contributed by atoms with Crippen LogP contribution in [0, 0.1) is 13.8 Å². The van der Waals surface area contributed by atoms with E-state index in [9.17, 15) is 4.79 Å². The van der Waals surface area contributed by atoms with Gasteiger partial charge in [0.2, 0.25) is 0 Å². The Morgan fingerprint density at radius 3 is 2.81 bits per heavy atom. The molecule has 0 aliphatic heterocycles. The molecule has 5 nitrogen and oxygen atoms in total. The highest BCUT2D eigenvalue weighted by Gasteiger charge is 2.10. The summed E-state index contributed by atoms with van der Waals surface area (Å²) >= 11 is 0. The Balaban J connectivity index is 2.12. The van der Waals surface area contributed by atoms with Gasteiger partial charge >= 0.3 is 0 Å². The summed E-state index contributed by atoms with van der Waals surface area (Å²) in [5.41, 5.74) is 8.24. The molecule has 5 heteroatoms. The zero-order chi connectivity index (χ0) is 15.2. The Labute approximate surface area is 124 Å². The molecule has 1 aromatic heterocycles. The number of carbonyl (C=O) groups is 1. The summed E-state index contributed by atoms with van der Waals surface area (Å²) in [6.07, 6.45) is 0. The van der Waals surface area contributed by atoms with Crippen LogP contribution in [0.3, 0.4) is 0 Å². The molecule has 1 amide bonds. The Morgan fingerprint density at radius 1 is 1.29 bits per heavy atom. The number of amides is 1. The highest BCUT2D eigenvalue weighted by molar-refractivity contribution is 6.05. The minimum Gasteiger partial charge on any atom is -0.492 e. The maximum absolute atomic E-state index is 12.3.